The fourth-order valence-electron chi connectivity index (χ4n) is 5.39. The van der Waals surface area contributed by atoms with Crippen molar-refractivity contribution in [1.29, 1.82) is 0 Å². The monoisotopic (exact) mass is 532 g/mol. The van der Waals surface area contributed by atoms with E-state index in [0.29, 0.717) is 22.5 Å². The third kappa shape index (κ3) is 4.91. The van der Waals surface area contributed by atoms with E-state index in [1.165, 1.54) is 42.3 Å². The first-order valence-electron chi connectivity index (χ1n) is 12.3. The van der Waals surface area contributed by atoms with Gasteiger partial charge >= 0.3 is 12.2 Å². The molecule has 2 fully saturated rings. The highest BCUT2D eigenvalue weighted by atomic mass is 19.4. The van der Waals surface area contributed by atoms with E-state index in [1.807, 2.05) is 11.8 Å². The molecule has 2 amide bonds. The summed E-state index contributed by atoms with van der Waals surface area (Å²) in [5.74, 6) is -1.16. The van der Waals surface area contributed by atoms with Gasteiger partial charge in [0.15, 0.2) is 0 Å². The molecular formula is C26H28F4N6O2. The predicted molar refractivity (Wildman–Crippen MR) is 129 cm³/mol. The molecule has 2 heterocycles. The van der Waals surface area contributed by atoms with Gasteiger partial charge in [-0.15, -0.1) is 5.10 Å². The molecule has 2 aromatic carbocycles. The van der Waals surface area contributed by atoms with Crippen molar-refractivity contribution in [1.82, 2.24) is 30.0 Å². The summed E-state index contributed by atoms with van der Waals surface area (Å²) in [4.78, 5) is 17.1. The second-order valence-corrected chi connectivity index (χ2v) is 10.2. The maximum absolute atomic E-state index is 13.8. The predicted octanol–water partition coefficient (Wildman–Crippen LogP) is 5.31. The Balaban J connectivity index is 1.41. The lowest BCUT2D eigenvalue weighted by Crippen LogP contribution is -2.47. The molecule has 0 unspecified atom stereocenters. The van der Waals surface area contributed by atoms with Crippen LogP contribution in [0.3, 0.4) is 0 Å². The van der Waals surface area contributed by atoms with Gasteiger partial charge in [-0.1, -0.05) is 6.07 Å². The smallest absolute Gasteiger partial charge is 0.453 e. The first kappa shape index (κ1) is 25.9. The SMILES string of the molecule is COc1ccc(-n2nnnc2C(F)(F)F)cc1CN(C)C(=O)N1CCC2(CC2)C[C@@H]1c1ccc(F)cc1C. The number of rotatable bonds is 5. The quantitative estimate of drug-likeness (QED) is 0.417. The van der Waals surface area contributed by atoms with E-state index in [9.17, 15) is 22.4 Å². The number of likely N-dealkylation sites (tertiary alicyclic amines) is 1. The molecule has 1 saturated carbocycles. The summed E-state index contributed by atoms with van der Waals surface area (Å²) >= 11 is 0. The molecule has 3 aromatic rings. The first-order valence-corrected chi connectivity index (χ1v) is 12.3. The number of tetrazole rings is 1. The van der Waals surface area contributed by atoms with Crippen molar-refractivity contribution in [3.8, 4) is 11.4 Å². The number of carbonyl (C=O) groups excluding carboxylic acids is 1. The number of amides is 2. The van der Waals surface area contributed by atoms with Crippen molar-refractivity contribution in [2.24, 2.45) is 5.41 Å². The highest BCUT2D eigenvalue weighted by molar-refractivity contribution is 5.75. The largest absolute Gasteiger partial charge is 0.496 e. The summed E-state index contributed by atoms with van der Waals surface area (Å²) < 4.78 is 59.9. The normalized spacial score (nSPS) is 18.5. The van der Waals surface area contributed by atoms with Crippen molar-refractivity contribution in [2.75, 3.05) is 20.7 Å². The standard InChI is InChI=1S/C26H28F4N6O2/c1-16-12-18(27)4-6-20(16)21-14-25(8-9-25)10-11-35(21)24(37)34(2)15-17-13-19(5-7-22(17)38-3)36-23(26(28,29)30)31-32-33-36/h4-7,12-13,21H,8-11,14-15H2,1-3H3/t21-/m1/s1. The van der Waals surface area contributed by atoms with Gasteiger partial charge in [-0.05, 0) is 89.9 Å². The van der Waals surface area contributed by atoms with Gasteiger partial charge < -0.3 is 14.5 Å². The van der Waals surface area contributed by atoms with Crippen LogP contribution >= 0.6 is 0 Å². The topological polar surface area (TPSA) is 76.4 Å². The number of aromatic nitrogens is 4. The lowest BCUT2D eigenvalue weighted by atomic mass is 9.83. The van der Waals surface area contributed by atoms with Crippen LogP contribution in [0.5, 0.6) is 5.75 Å². The Labute approximate surface area is 217 Å². The molecule has 1 aliphatic heterocycles. The van der Waals surface area contributed by atoms with E-state index < -0.39 is 12.0 Å². The molecule has 1 aromatic heterocycles. The number of carbonyl (C=O) groups is 1. The van der Waals surface area contributed by atoms with Gasteiger partial charge in [0, 0.05) is 19.2 Å². The maximum atomic E-state index is 13.8. The maximum Gasteiger partial charge on any atom is 0.453 e. The van der Waals surface area contributed by atoms with Gasteiger partial charge in [0.2, 0.25) is 0 Å². The number of ether oxygens (including phenoxy) is 1. The Morgan fingerprint density at radius 1 is 1.18 bits per heavy atom. The van der Waals surface area contributed by atoms with Crippen LogP contribution in [0.25, 0.3) is 5.69 Å². The molecule has 8 nitrogen and oxygen atoms in total. The number of hydrogen-bond acceptors (Lipinski definition) is 5. The molecule has 1 aliphatic carbocycles. The van der Waals surface area contributed by atoms with Gasteiger partial charge in [-0.3, -0.25) is 0 Å². The lowest BCUT2D eigenvalue weighted by molar-refractivity contribution is -0.146. The number of urea groups is 1. The van der Waals surface area contributed by atoms with E-state index >= 15 is 0 Å². The fraction of sp³-hybridized carbons (Fsp3) is 0.462. The van der Waals surface area contributed by atoms with Gasteiger partial charge in [0.1, 0.15) is 11.6 Å². The van der Waals surface area contributed by atoms with Crippen molar-refractivity contribution in [3.63, 3.8) is 0 Å². The number of aryl methyl sites for hydroxylation is 1. The van der Waals surface area contributed by atoms with Crippen molar-refractivity contribution in [2.45, 2.75) is 51.4 Å². The molecule has 0 N–H and O–H groups in total. The highest BCUT2D eigenvalue weighted by Crippen LogP contribution is 2.58. The van der Waals surface area contributed by atoms with E-state index in [1.54, 1.807) is 13.1 Å². The van der Waals surface area contributed by atoms with Gasteiger partial charge in [-0.2, -0.15) is 17.9 Å². The molecule has 0 radical (unpaired) electrons. The summed E-state index contributed by atoms with van der Waals surface area (Å²) in [6.07, 6.45) is -0.763. The molecule has 0 bridgehead atoms. The average Bonchev–Trinajstić information content (AvgIpc) is 3.41. The minimum Gasteiger partial charge on any atom is -0.496 e. The molecule has 1 saturated heterocycles. The Morgan fingerprint density at radius 2 is 1.95 bits per heavy atom. The summed E-state index contributed by atoms with van der Waals surface area (Å²) in [5, 5.41) is 9.77. The molecular weight excluding hydrogens is 504 g/mol. The summed E-state index contributed by atoms with van der Waals surface area (Å²) in [6, 6.07) is 8.67. The fourth-order valence-corrected chi connectivity index (χ4v) is 5.39. The Hall–Kier alpha value is -3.70. The minimum absolute atomic E-state index is 0.0795. The molecule has 12 heteroatoms. The second kappa shape index (κ2) is 9.55. The van der Waals surface area contributed by atoms with Crippen molar-refractivity contribution < 1.29 is 27.1 Å². The van der Waals surface area contributed by atoms with Gasteiger partial charge in [-0.25, -0.2) is 9.18 Å². The number of halogens is 4. The number of benzene rings is 2. The van der Waals surface area contributed by atoms with Crippen LogP contribution in [-0.2, 0) is 12.7 Å². The van der Waals surface area contributed by atoms with Gasteiger partial charge in [0.25, 0.3) is 5.82 Å². The second-order valence-electron chi connectivity index (χ2n) is 10.2. The molecule has 202 valence electrons. The third-order valence-corrected chi connectivity index (χ3v) is 7.64. The van der Waals surface area contributed by atoms with Crippen molar-refractivity contribution in [3.05, 3.63) is 64.7 Å². The molecule has 38 heavy (non-hydrogen) atoms. The van der Waals surface area contributed by atoms with Gasteiger partial charge in [0.05, 0.1) is 25.4 Å². The van der Waals surface area contributed by atoms with Crippen LogP contribution in [0.1, 0.15) is 54.2 Å². The number of hydrogen-bond donors (Lipinski definition) is 0. The number of alkyl halides is 3. The number of nitrogens with zero attached hydrogens (tertiary/aromatic N) is 6. The van der Waals surface area contributed by atoms with Crippen LogP contribution in [0.4, 0.5) is 22.4 Å². The zero-order valence-corrected chi connectivity index (χ0v) is 21.3. The highest BCUT2D eigenvalue weighted by Gasteiger charge is 2.50. The van der Waals surface area contributed by atoms with Crippen LogP contribution in [-0.4, -0.2) is 56.7 Å². The third-order valence-electron chi connectivity index (χ3n) is 7.64. The Morgan fingerprint density at radius 3 is 2.61 bits per heavy atom. The van der Waals surface area contributed by atoms with E-state index in [0.717, 1.165) is 36.8 Å². The zero-order valence-electron chi connectivity index (χ0n) is 21.3. The number of methoxy groups -OCH3 is 1. The summed E-state index contributed by atoms with van der Waals surface area (Å²) in [7, 11) is 3.09. The number of piperidine rings is 1. The Bertz CT molecular complexity index is 1350. The lowest BCUT2D eigenvalue weighted by Gasteiger charge is -2.42. The molecule has 5 rings (SSSR count). The average molecular weight is 533 g/mol. The van der Waals surface area contributed by atoms with E-state index in [2.05, 4.69) is 15.5 Å². The molecule has 1 atom stereocenters. The summed E-state index contributed by atoms with van der Waals surface area (Å²) in [6.45, 7) is 2.50. The Kier molecular flexibility index (Phi) is 6.52. The van der Waals surface area contributed by atoms with Crippen LogP contribution < -0.4 is 4.74 Å². The zero-order chi connectivity index (χ0) is 27.2. The van der Waals surface area contributed by atoms with Crippen LogP contribution in [0.15, 0.2) is 36.4 Å². The first-order chi connectivity index (χ1) is 18.0. The van der Waals surface area contributed by atoms with Crippen LogP contribution in [0, 0.1) is 18.2 Å². The molecule has 2 aliphatic rings. The van der Waals surface area contributed by atoms with E-state index in [4.69, 9.17) is 4.74 Å². The van der Waals surface area contributed by atoms with E-state index in [-0.39, 0.29) is 35.5 Å². The van der Waals surface area contributed by atoms with Crippen LogP contribution in [0.2, 0.25) is 0 Å². The summed E-state index contributed by atoms with van der Waals surface area (Å²) in [5.41, 5.74) is 2.55. The minimum atomic E-state index is -4.74. The van der Waals surface area contributed by atoms with Crippen molar-refractivity contribution >= 4 is 6.03 Å². The molecule has 1 spiro atoms.